The first-order chi connectivity index (χ1) is 9.99. The number of hydrogen-bond donors (Lipinski definition) is 1. The average molecular weight is 285 g/mol. The molecule has 2 bridgehead atoms. The second-order valence-corrected chi connectivity index (χ2v) is 8.31. The van der Waals surface area contributed by atoms with Crippen LogP contribution in [0.5, 0.6) is 5.75 Å². The smallest absolute Gasteiger partial charge is 0.123 e. The van der Waals surface area contributed by atoms with Crippen molar-refractivity contribution in [2.24, 2.45) is 16.7 Å². The van der Waals surface area contributed by atoms with Gasteiger partial charge in [-0.15, -0.1) is 0 Å². The molecule has 0 aromatic heterocycles. The van der Waals surface area contributed by atoms with Crippen molar-refractivity contribution < 1.29 is 4.74 Å². The molecule has 1 aromatic carbocycles. The predicted octanol–water partition coefficient (Wildman–Crippen LogP) is 3.79. The molecule has 2 nitrogen and oxygen atoms in total. The van der Waals surface area contributed by atoms with Crippen LogP contribution in [0.3, 0.4) is 0 Å². The van der Waals surface area contributed by atoms with Crippen molar-refractivity contribution in [1.82, 2.24) is 5.32 Å². The second-order valence-electron chi connectivity index (χ2n) is 8.31. The minimum atomic E-state index is 0.306. The lowest BCUT2D eigenvalue weighted by Gasteiger charge is -2.43. The van der Waals surface area contributed by atoms with Crippen LogP contribution < -0.4 is 10.1 Å². The van der Waals surface area contributed by atoms with E-state index in [0.29, 0.717) is 23.0 Å². The summed E-state index contributed by atoms with van der Waals surface area (Å²) in [7, 11) is 0. The topological polar surface area (TPSA) is 21.3 Å². The van der Waals surface area contributed by atoms with Gasteiger partial charge in [0.25, 0.3) is 0 Å². The van der Waals surface area contributed by atoms with E-state index in [4.69, 9.17) is 4.74 Å². The highest BCUT2D eigenvalue weighted by Gasteiger charge is 2.59. The number of hydrogen-bond acceptors (Lipinski definition) is 2. The van der Waals surface area contributed by atoms with Gasteiger partial charge in [-0.25, -0.2) is 0 Å². The molecule has 1 N–H and O–H groups in total. The molecule has 0 spiro atoms. The molecular formula is C19H27NO. The quantitative estimate of drug-likeness (QED) is 0.912. The third-order valence-electron chi connectivity index (χ3n) is 6.53. The summed E-state index contributed by atoms with van der Waals surface area (Å²) in [6.45, 7) is 8.39. The molecule has 4 atom stereocenters. The highest BCUT2D eigenvalue weighted by atomic mass is 16.5. The summed E-state index contributed by atoms with van der Waals surface area (Å²) in [4.78, 5) is 0. The average Bonchev–Trinajstić information content (AvgIpc) is 3.06. The Balaban J connectivity index is 1.42. The fourth-order valence-corrected chi connectivity index (χ4v) is 5.43. The third kappa shape index (κ3) is 2.03. The Morgan fingerprint density at radius 3 is 2.76 bits per heavy atom. The number of benzene rings is 1. The van der Waals surface area contributed by atoms with Crippen LogP contribution in [0, 0.1) is 16.7 Å². The van der Waals surface area contributed by atoms with E-state index in [2.05, 4.69) is 50.4 Å². The maximum absolute atomic E-state index is 6.09. The lowest BCUT2D eigenvalue weighted by atomic mass is 9.68. The lowest BCUT2D eigenvalue weighted by Crippen LogP contribution is -2.52. The summed E-state index contributed by atoms with van der Waals surface area (Å²) in [6.07, 6.45) is 5.58. The predicted molar refractivity (Wildman–Crippen MR) is 85.6 cm³/mol. The van der Waals surface area contributed by atoms with Crippen LogP contribution in [0.4, 0.5) is 0 Å². The maximum Gasteiger partial charge on any atom is 0.123 e. The van der Waals surface area contributed by atoms with E-state index in [9.17, 15) is 0 Å². The maximum atomic E-state index is 6.09. The molecule has 2 saturated carbocycles. The zero-order valence-corrected chi connectivity index (χ0v) is 13.5. The van der Waals surface area contributed by atoms with Crippen LogP contribution in [0.2, 0.25) is 0 Å². The number of ether oxygens (including phenoxy) is 1. The first-order valence-electron chi connectivity index (χ1n) is 8.47. The summed E-state index contributed by atoms with van der Waals surface area (Å²) >= 11 is 0. The van der Waals surface area contributed by atoms with E-state index < -0.39 is 0 Å². The van der Waals surface area contributed by atoms with Crippen molar-refractivity contribution in [1.29, 1.82) is 0 Å². The van der Waals surface area contributed by atoms with Crippen molar-refractivity contribution in [3.05, 3.63) is 29.8 Å². The van der Waals surface area contributed by atoms with Gasteiger partial charge in [0.2, 0.25) is 0 Å². The van der Waals surface area contributed by atoms with Gasteiger partial charge in [-0.3, -0.25) is 0 Å². The van der Waals surface area contributed by atoms with Crippen LogP contribution in [-0.2, 0) is 6.42 Å². The molecule has 2 fully saturated rings. The van der Waals surface area contributed by atoms with Crippen LogP contribution >= 0.6 is 0 Å². The molecule has 3 aliphatic rings. The van der Waals surface area contributed by atoms with Gasteiger partial charge in [-0.1, -0.05) is 39.0 Å². The minimum Gasteiger partial charge on any atom is -0.488 e. The summed E-state index contributed by atoms with van der Waals surface area (Å²) in [5.74, 6) is 1.99. The summed E-state index contributed by atoms with van der Waals surface area (Å²) < 4.78 is 6.09. The highest BCUT2D eigenvalue weighted by Crippen LogP contribution is 2.62. The molecule has 0 saturated heterocycles. The molecule has 2 unspecified atom stereocenters. The lowest BCUT2D eigenvalue weighted by molar-refractivity contribution is 0.0968. The molecule has 114 valence electrons. The Labute approximate surface area is 128 Å². The highest BCUT2D eigenvalue weighted by molar-refractivity contribution is 5.37. The molecule has 21 heavy (non-hydrogen) atoms. The standard InChI is InChI=1S/C19H27NO/c1-18(2)14-8-9-19(3,11-14)17(18)20-12-15-10-13-6-4-5-7-16(13)21-15/h4-7,14-15,17,20H,8-12H2,1-3H3/t14-,15?,17?,19+/m0/s1. The zero-order valence-electron chi connectivity index (χ0n) is 13.5. The molecule has 2 aliphatic carbocycles. The SMILES string of the molecule is CC1(C)C(NCC2Cc3ccccc3O2)[C@]2(C)CC[C@H]1C2. The van der Waals surface area contributed by atoms with Gasteiger partial charge in [0.1, 0.15) is 11.9 Å². The summed E-state index contributed by atoms with van der Waals surface area (Å²) in [5, 5.41) is 3.90. The van der Waals surface area contributed by atoms with Crippen molar-refractivity contribution in [2.75, 3.05) is 6.54 Å². The van der Waals surface area contributed by atoms with E-state index in [1.165, 1.54) is 24.8 Å². The Morgan fingerprint density at radius 2 is 2.05 bits per heavy atom. The van der Waals surface area contributed by atoms with Crippen molar-refractivity contribution in [3.8, 4) is 5.75 Å². The first kappa shape index (κ1) is 13.6. The monoisotopic (exact) mass is 285 g/mol. The molecule has 2 heteroatoms. The van der Waals surface area contributed by atoms with Gasteiger partial charge < -0.3 is 10.1 Å². The van der Waals surface area contributed by atoms with Crippen LogP contribution in [0.1, 0.15) is 45.6 Å². The third-order valence-corrected chi connectivity index (χ3v) is 6.53. The van der Waals surface area contributed by atoms with Crippen LogP contribution in [0.25, 0.3) is 0 Å². The van der Waals surface area contributed by atoms with Gasteiger partial charge >= 0.3 is 0 Å². The molecular weight excluding hydrogens is 258 g/mol. The number of nitrogens with one attached hydrogen (secondary N) is 1. The fourth-order valence-electron chi connectivity index (χ4n) is 5.43. The largest absolute Gasteiger partial charge is 0.488 e. The molecule has 0 radical (unpaired) electrons. The van der Waals surface area contributed by atoms with Gasteiger partial charge in [0.15, 0.2) is 0 Å². The van der Waals surface area contributed by atoms with Gasteiger partial charge in [-0.05, 0) is 47.6 Å². The van der Waals surface area contributed by atoms with Gasteiger partial charge in [0.05, 0.1) is 0 Å². The zero-order chi connectivity index (χ0) is 14.7. The van der Waals surface area contributed by atoms with E-state index in [-0.39, 0.29) is 0 Å². The van der Waals surface area contributed by atoms with Crippen molar-refractivity contribution in [2.45, 2.75) is 58.6 Å². The van der Waals surface area contributed by atoms with Crippen LogP contribution in [0.15, 0.2) is 24.3 Å². The number of fused-ring (bicyclic) bond motifs is 3. The van der Waals surface area contributed by atoms with Crippen LogP contribution in [-0.4, -0.2) is 18.7 Å². The molecule has 4 rings (SSSR count). The Kier molecular flexibility index (Phi) is 2.91. The molecule has 1 heterocycles. The van der Waals surface area contributed by atoms with Gasteiger partial charge in [-0.2, -0.15) is 0 Å². The van der Waals surface area contributed by atoms with E-state index in [1.807, 2.05) is 0 Å². The minimum absolute atomic E-state index is 0.306. The first-order valence-corrected chi connectivity index (χ1v) is 8.47. The normalized spacial score (nSPS) is 39.3. The fraction of sp³-hybridized carbons (Fsp3) is 0.684. The summed E-state index contributed by atoms with van der Waals surface area (Å²) in [6, 6.07) is 9.10. The Bertz CT molecular complexity index is 522. The molecule has 1 aliphatic heterocycles. The summed E-state index contributed by atoms with van der Waals surface area (Å²) in [5.41, 5.74) is 2.29. The second kappa shape index (κ2) is 4.49. The Morgan fingerprint density at radius 1 is 1.24 bits per heavy atom. The van der Waals surface area contributed by atoms with E-state index in [1.54, 1.807) is 0 Å². The molecule has 1 aromatic rings. The van der Waals surface area contributed by atoms with E-state index in [0.717, 1.165) is 24.6 Å². The van der Waals surface area contributed by atoms with E-state index >= 15 is 0 Å². The van der Waals surface area contributed by atoms with Gasteiger partial charge in [0, 0.05) is 19.0 Å². The number of rotatable bonds is 3. The van der Waals surface area contributed by atoms with Crippen molar-refractivity contribution >= 4 is 0 Å². The van der Waals surface area contributed by atoms with Crippen molar-refractivity contribution in [3.63, 3.8) is 0 Å². The molecule has 0 amide bonds. The number of para-hydroxylation sites is 1. The Hall–Kier alpha value is -1.02.